The molecule has 0 radical (unpaired) electrons. The van der Waals surface area contributed by atoms with Crippen LogP contribution in [0.1, 0.15) is 18.1 Å². The van der Waals surface area contributed by atoms with Gasteiger partial charge in [-0.2, -0.15) is 0 Å². The Morgan fingerprint density at radius 3 is 2.85 bits per heavy atom. The van der Waals surface area contributed by atoms with Crippen molar-refractivity contribution in [2.75, 3.05) is 13.7 Å². The molecular weight excluding hydrogens is 168 g/mol. The topological polar surface area (TPSA) is 68.4 Å². The number of rotatable bonds is 4. The fourth-order valence-electron chi connectivity index (χ4n) is 1.03. The van der Waals surface area contributed by atoms with Crippen molar-refractivity contribution in [1.82, 2.24) is 4.98 Å². The first-order valence-corrected chi connectivity index (χ1v) is 4.16. The van der Waals surface area contributed by atoms with E-state index < -0.39 is 6.10 Å². The zero-order valence-electron chi connectivity index (χ0n) is 7.60. The lowest BCUT2D eigenvalue weighted by Gasteiger charge is -2.08. The average molecular weight is 182 g/mol. The van der Waals surface area contributed by atoms with E-state index in [4.69, 9.17) is 10.5 Å². The molecule has 1 rings (SSSR count). The van der Waals surface area contributed by atoms with Gasteiger partial charge in [0.25, 0.3) is 0 Å². The van der Waals surface area contributed by atoms with Crippen LogP contribution in [-0.4, -0.2) is 23.7 Å². The predicted molar refractivity (Wildman–Crippen MR) is 49.4 cm³/mol. The van der Waals surface area contributed by atoms with E-state index in [1.807, 2.05) is 0 Å². The molecule has 0 aliphatic heterocycles. The highest BCUT2D eigenvalue weighted by Crippen LogP contribution is 2.16. The number of aliphatic hydroxyl groups excluding tert-OH is 1. The molecule has 0 unspecified atom stereocenters. The van der Waals surface area contributed by atoms with Crippen molar-refractivity contribution >= 4 is 0 Å². The first-order chi connectivity index (χ1) is 6.27. The van der Waals surface area contributed by atoms with Crippen LogP contribution in [-0.2, 0) is 0 Å². The summed E-state index contributed by atoms with van der Waals surface area (Å²) in [6.45, 7) is 0.465. The van der Waals surface area contributed by atoms with E-state index in [2.05, 4.69) is 4.98 Å². The van der Waals surface area contributed by atoms with E-state index in [1.165, 1.54) is 0 Å². The Morgan fingerprint density at radius 1 is 1.62 bits per heavy atom. The first-order valence-electron chi connectivity index (χ1n) is 4.16. The molecule has 0 aliphatic rings. The Morgan fingerprint density at radius 2 is 2.38 bits per heavy atom. The number of ether oxygens (including phenoxy) is 1. The van der Waals surface area contributed by atoms with Gasteiger partial charge in [-0.25, -0.2) is 4.98 Å². The van der Waals surface area contributed by atoms with Gasteiger partial charge in [-0.3, -0.25) is 0 Å². The lowest BCUT2D eigenvalue weighted by atomic mass is 10.1. The Balaban J connectivity index is 2.67. The second kappa shape index (κ2) is 4.79. The van der Waals surface area contributed by atoms with E-state index in [-0.39, 0.29) is 0 Å². The highest BCUT2D eigenvalue weighted by Gasteiger charge is 2.06. The average Bonchev–Trinajstić information content (AvgIpc) is 2.18. The Kier molecular flexibility index (Phi) is 3.67. The van der Waals surface area contributed by atoms with Crippen molar-refractivity contribution in [3.05, 3.63) is 23.9 Å². The van der Waals surface area contributed by atoms with Crippen LogP contribution in [0.3, 0.4) is 0 Å². The molecule has 0 fully saturated rings. The van der Waals surface area contributed by atoms with Crippen molar-refractivity contribution in [3.8, 4) is 5.88 Å². The van der Waals surface area contributed by atoms with Crippen molar-refractivity contribution in [2.45, 2.75) is 12.5 Å². The van der Waals surface area contributed by atoms with Crippen molar-refractivity contribution in [2.24, 2.45) is 5.73 Å². The second-order valence-electron chi connectivity index (χ2n) is 2.73. The van der Waals surface area contributed by atoms with Gasteiger partial charge in [0.15, 0.2) is 0 Å². The number of hydrogen-bond donors (Lipinski definition) is 2. The molecule has 72 valence electrons. The quantitative estimate of drug-likeness (QED) is 0.710. The number of aliphatic hydroxyl groups is 1. The van der Waals surface area contributed by atoms with Gasteiger partial charge in [0, 0.05) is 12.3 Å². The maximum atomic E-state index is 9.52. The largest absolute Gasteiger partial charge is 0.481 e. The molecule has 1 heterocycles. The summed E-state index contributed by atoms with van der Waals surface area (Å²) in [5.41, 5.74) is 6.09. The number of nitrogens with two attached hydrogens (primary N) is 1. The maximum Gasteiger partial charge on any atom is 0.212 e. The first kappa shape index (κ1) is 9.95. The highest BCUT2D eigenvalue weighted by molar-refractivity contribution is 5.19. The van der Waals surface area contributed by atoms with Gasteiger partial charge in [0.1, 0.15) is 0 Å². The summed E-state index contributed by atoms with van der Waals surface area (Å²) >= 11 is 0. The SMILES string of the molecule is COc1ccc([C@H](O)CCN)cn1. The highest BCUT2D eigenvalue weighted by atomic mass is 16.5. The third-order valence-corrected chi connectivity index (χ3v) is 1.79. The van der Waals surface area contributed by atoms with E-state index in [0.29, 0.717) is 18.8 Å². The van der Waals surface area contributed by atoms with Crippen LogP contribution < -0.4 is 10.5 Å². The van der Waals surface area contributed by atoms with E-state index in [1.54, 1.807) is 25.4 Å². The third-order valence-electron chi connectivity index (χ3n) is 1.79. The molecule has 0 saturated carbocycles. The molecule has 1 atom stereocenters. The van der Waals surface area contributed by atoms with Crippen molar-refractivity contribution < 1.29 is 9.84 Å². The minimum absolute atomic E-state index is 0.465. The number of nitrogens with zero attached hydrogens (tertiary/aromatic N) is 1. The predicted octanol–water partition coefficient (Wildman–Crippen LogP) is 0.472. The van der Waals surface area contributed by atoms with Crippen LogP contribution in [0.25, 0.3) is 0 Å². The lowest BCUT2D eigenvalue weighted by molar-refractivity contribution is 0.170. The fourth-order valence-corrected chi connectivity index (χ4v) is 1.03. The summed E-state index contributed by atoms with van der Waals surface area (Å²) < 4.78 is 4.89. The molecule has 1 aromatic rings. The standard InChI is InChI=1S/C9H14N2O2/c1-13-9-3-2-7(6-11-9)8(12)4-5-10/h2-3,6,8,12H,4-5,10H2,1H3/t8-/m1/s1. The Labute approximate surface area is 77.4 Å². The second-order valence-corrected chi connectivity index (χ2v) is 2.73. The van der Waals surface area contributed by atoms with Crippen LogP contribution in [0.4, 0.5) is 0 Å². The lowest BCUT2D eigenvalue weighted by Crippen LogP contribution is -2.06. The van der Waals surface area contributed by atoms with Gasteiger partial charge < -0.3 is 15.6 Å². The zero-order valence-corrected chi connectivity index (χ0v) is 7.60. The van der Waals surface area contributed by atoms with Crippen LogP contribution >= 0.6 is 0 Å². The molecule has 4 nitrogen and oxygen atoms in total. The minimum Gasteiger partial charge on any atom is -0.481 e. The van der Waals surface area contributed by atoms with Crippen LogP contribution in [0.2, 0.25) is 0 Å². The summed E-state index contributed by atoms with van der Waals surface area (Å²) in [6, 6.07) is 3.50. The normalized spacial score (nSPS) is 12.5. The summed E-state index contributed by atoms with van der Waals surface area (Å²) in [5.74, 6) is 0.545. The fraction of sp³-hybridized carbons (Fsp3) is 0.444. The molecule has 0 spiro atoms. The zero-order chi connectivity index (χ0) is 9.68. The molecule has 0 aromatic carbocycles. The number of hydrogen-bond acceptors (Lipinski definition) is 4. The molecule has 3 N–H and O–H groups in total. The van der Waals surface area contributed by atoms with E-state index in [0.717, 1.165) is 5.56 Å². The molecule has 13 heavy (non-hydrogen) atoms. The molecule has 0 aliphatic carbocycles. The van der Waals surface area contributed by atoms with Gasteiger partial charge in [-0.1, -0.05) is 0 Å². The Bertz CT molecular complexity index is 248. The Hall–Kier alpha value is -1.13. The maximum absolute atomic E-state index is 9.52. The summed E-state index contributed by atoms with van der Waals surface area (Å²) in [6.07, 6.45) is 1.62. The van der Waals surface area contributed by atoms with Gasteiger partial charge in [0.2, 0.25) is 5.88 Å². The van der Waals surface area contributed by atoms with Crippen LogP contribution in [0, 0.1) is 0 Å². The summed E-state index contributed by atoms with van der Waals surface area (Å²) in [5, 5.41) is 9.52. The van der Waals surface area contributed by atoms with Crippen molar-refractivity contribution in [3.63, 3.8) is 0 Å². The smallest absolute Gasteiger partial charge is 0.212 e. The summed E-state index contributed by atoms with van der Waals surface area (Å²) in [4.78, 5) is 3.98. The number of aromatic nitrogens is 1. The van der Waals surface area contributed by atoms with Gasteiger partial charge in [-0.05, 0) is 24.6 Å². The van der Waals surface area contributed by atoms with Crippen LogP contribution in [0.15, 0.2) is 18.3 Å². The molecule has 4 heteroatoms. The monoisotopic (exact) mass is 182 g/mol. The van der Waals surface area contributed by atoms with Gasteiger partial charge in [0.05, 0.1) is 13.2 Å². The summed E-state index contributed by atoms with van der Waals surface area (Å²) in [7, 11) is 1.55. The van der Waals surface area contributed by atoms with E-state index in [9.17, 15) is 5.11 Å². The molecule has 1 aromatic heterocycles. The molecule has 0 bridgehead atoms. The van der Waals surface area contributed by atoms with Crippen LogP contribution in [0.5, 0.6) is 5.88 Å². The third kappa shape index (κ3) is 2.68. The molecular formula is C9H14N2O2. The number of pyridine rings is 1. The van der Waals surface area contributed by atoms with Gasteiger partial charge >= 0.3 is 0 Å². The van der Waals surface area contributed by atoms with Gasteiger partial charge in [-0.15, -0.1) is 0 Å². The molecule has 0 saturated heterocycles. The minimum atomic E-state index is -0.525. The number of methoxy groups -OCH3 is 1. The van der Waals surface area contributed by atoms with Crippen molar-refractivity contribution in [1.29, 1.82) is 0 Å². The van der Waals surface area contributed by atoms with E-state index >= 15 is 0 Å². The molecule has 0 amide bonds.